The predicted octanol–water partition coefficient (Wildman–Crippen LogP) is 4.51. The van der Waals surface area contributed by atoms with Crippen molar-refractivity contribution in [3.63, 3.8) is 0 Å². The Kier molecular flexibility index (Phi) is 3.82. The van der Waals surface area contributed by atoms with E-state index in [-0.39, 0.29) is 0 Å². The number of aryl methyl sites for hydroxylation is 1. The lowest BCUT2D eigenvalue weighted by molar-refractivity contribution is 0.227. The zero-order valence-electron chi connectivity index (χ0n) is 12.4. The van der Waals surface area contributed by atoms with Gasteiger partial charge in [0, 0.05) is 15.8 Å². The first-order valence-corrected chi connectivity index (χ1v) is 9.16. The van der Waals surface area contributed by atoms with Gasteiger partial charge in [0.05, 0.1) is 11.4 Å². The molecule has 4 nitrogen and oxygen atoms in total. The second-order valence-electron chi connectivity index (χ2n) is 5.56. The van der Waals surface area contributed by atoms with Gasteiger partial charge < -0.3 is 4.42 Å². The molecule has 0 amide bonds. The van der Waals surface area contributed by atoms with E-state index in [0.29, 0.717) is 17.8 Å². The molecule has 3 aromatic rings. The van der Waals surface area contributed by atoms with Crippen LogP contribution in [0.2, 0.25) is 0 Å². The summed E-state index contributed by atoms with van der Waals surface area (Å²) < 4.78 is 5.83. The van der Waals surface area contributed by atoms with Crippen LogP contribution < -0.4 is 0 Å². The number of hydrogen-bond acceptors (Lipinski definition) is 6. The molecule has 4 heterocycles. The van der Waals surface area contributed by atoms with E-state index < -0.39 is 0 Å². The highest BCUT2D eigenvalue weighted by atomic mass is 32.1. The SMILES string of the molecule is Cc1ccc([C@@H]2CCCN2Cc2nnc(-c3cccs3)o2)s1. The third kappa shape index (κ3) is 2.74. The average Bonchev–Trinajstić information content (AvgIpc) is 3.26. The fourth-order valence-electron chi connectivity index (χ4n) is 2.96. The lowest BCUT2D eigenvalue weighted by atomic mass is 10.2. The van der Waals surface area contributed by atoms with Crippen molar-refractivity contribution in [1.82, 2.24) is 15.1 Å². The van der Waals surface area contributed by atoms with Gasteiger partial charge in [-0.25, -0.2) is 0 Å². The van der Waals surface area contributed by atoms with Crippen LogP contribution in [-0.4, -0.2) is 21.6 Å². The molecular weight excluding hydrogens is 314 g/mol. The zero-order chi connectivity index (χ0) is 14.9. The van der Waals surface area contributed by atoms with Gasteiger partial charge in [-0.3, -0.25) is 4.90 Å². The summed E-state index contributed by atoms with van der Waals surface area (Å²) in [5, 5.41) is 10.4. The Morgan fingerprint density at radius 2 is 2.27 bits per heavy atom. The summed E-state index contributed by atoms with van der Waals surface area (Å²) in [7, 11) is 0. The van der Waals surface area contributed by atoms with Gasteiger partial charge >= 0.3 is 0 Å². The summed E-state index contributed by atoms with van der Waals surface area (Å²) in [6.07, 6.45) is 2.44. The molecule has 1 saturated heterocycles. The van der Waals surface area contributed by atoms with Crippen LogP contribution >= 0.6 is 22.7 Å². The van der Waals surface area contributed by atoms with Crippen molar-refractivity contribution >= 4 is 22.7 Å². The maximum Gasteiger partial charge on any atom is 0.257 e. The van der Waals surface area contributed by atoms with Gasteiger partial charge in [-0.15, -0.1) is 32.9 Å². The smallest absolute Gasteiger partial charge is 0.257 e. The van der Waals surface area contributed by atoms with Crippen molar-refractivity contribution in [2.45, 2.75) is 32.4 Å². The fourth-order valence-corrected chi connectivity index (χ4v) is 4.65. The molecule has 1 fully saturated rings. The minimum absolute atomic E-state index is 0.496. The second-order valence-corrected chi connectivity index (χ2v) is 7.82. The number of likely N-dealkylation sites (tertiary alicyclic amines) is 1. The van der Waals surface area contributed by atoms with E-state index in [1.165, 1.54) is 22.6 Å². The largest absolute Gasteiger partial charge is 0.419 e. The quantitative estimate of drug-likeness (QED) is 0.705. The standard InChI is InChI=1S/C16H17N3OS2/c1-11-6-7-13(22-11)12-4-2-8-19(12)10-15-17-18-16(20-15)14-5-3-9-21-14/h3,5-7,9,12H,2,4,8,10H2,1H3/t12-/m0/s1. The van der Waals surface area contributed by atoms with E-state index in [2.05, 4.69) is 34.2 Å². The highest BCUT2D eigenvalue weighted by molar-refractivity contribution is 7.13. The van der Waals surface area contributed by atoms with Gasteiger partial charge in [-0.1, -0.05) is 6.07 Å². The van der Waals surface area contributed by atoms with E-state index in [9.17, 15) is 0 Å². The van der Waals surface area contributed by atoms with Crippen molar-refractivity contribution in [3.05, 3.63) is 45.3 Å². The molecule has 1 atom stereocenters. The third-order valence-electron chi connectivity index (χ3n) is 3.99. The van der Waals surface area contributed by atoms with Crippen LogP contribution in [0.3, 0.4) is 0 Å². The highest BCUT2D eigenvalue weighted by Crippen LogP contribution is 2.36. The Hall–Kier alpha value is -1.50. The van der Waals surface area contributed by atoms with Crippen LogP contribution in [0.25, 0.3) is 10.8 Å². The number of thiophene rings is 2. The summed E-state index contributed by atoms with van der Waals surface area (Å²) in [6.45, 7) is 4.00. The summed E-state index contributed by atoms with van der Waals surface area (Å²) in [4.78, 5) is 6.31. The first kappa shape index (κ1) is 14.1. The molecule has 0 unspecified atom stereocenters. The summed E-state index contributed by atoms with van der Waals surface area (Å²) in [5.41, 5.74) is 0. The lowest BCUT2D eigenvalue weighted by Gasteiger charge is -2.21. The molecule has 3 aromatic heterocycles. The van der Waals surface area contributed by atoms with E-state index in [1.807, 2.05) is 28.8 Å². The van der Waals surface area contributed by atoms with Crippen molar-refractivity contribution in [2.75, 3.05) is 6.54 Å². The molecule has 4 rings (SSSR count). The molecule has 0 aromatic carbocycles. The molecule has 0 aliphatic carbocycles. The van der Waals surface area contributed by atoms with Crippen LogP contribution in [0.15, 0.2) is 34.1 Å². The number of rotatable bonds is 4. The highest BCUT2D eigenvalue weighted by Gasteiger charge is 2.28. The van der Waals surface area contributed by atoms with Crippen molar-refractivity contribution in [1.29, 1.82) is 0 Å². The molecule has 114 valence electrons. The number of hydrogen-bond donors (Lipinski definition) is 0. The molecule has 1 aliphatic rings. The summed E-state index contributed by atoms with van der Waals surface area (Å²) in [6, 6.07) is 8.97. The molecule has 1 aliphatic heterocycles. The Labute approximate surface area is 137 Å². The molecule has 0 bridgehead atoms. The molecule has 6 heteroatoms. The number of nitrogens with zero attached hydrogens (tertiary/aromatic N) is 3. The van der Waals surface area contributed by atoms with Crippen LogP contribution in [0.5, 0.6) is 0 Å². The van der Waals surface area contributed by atoms with Crippen molar-refractivity contribution in [2.24, 2.45) is 0 Å². The van der Waals surface area contributed by atoms with E-state index in [4.69, 9.17) is 4.42 Å². The van der Waals surface area contributed by atoms with Crippen LogP contribution in [0.1, 0.15) is 34.5 Å². The van der Waals surface area contributed by atoms with E-state index in [0.717, 1.165) is 18.0 Å². The van der Waals surface area contributed by atoms with Gasteiger partial charge in [-0.2, -0.15) is 0 Å². The minimum atomic E-state index is 0.496. The first-order valence-electron chi connectivity index (χ1n) is 7.46. The summed E-state index contributed by atoms with van der Waals surface area (Å²) >= 11 is 3.52. The third-order valence-corrected chi connectivity index (χ3v) is 5.95. The van der Waals surface area contributed by atoms with E-state index in [1.54, 1.807) is 11.3 Å². The molecule has 0 radical (unpaired) electrons. The van der Waals surface area contributed by atoms with Crippen LogP contribution in [0.4, 0.5) is 0 Å². The van der Waals surface area contributed by atoms with Crippen LogP contribution in [0, 0.1) is 6.92 Å². The topological polar surface area (TPSA) is 42.2 Å². The van der Waals surface area contributed by atoms with Gasteiger partial charge in [0.15, 0.2) is 0 Å². The minimum Gasteiger partial charge on any atom is -0.419 e. The van der Waals surface area contributed by atoms with Gasteiger partial charge in [-0.05, 0) is 49.9 Å². The number of aromatic nitrogens is 2. The van der Waals surface area contributed by atoms with Gasteiger partial charge in [0.1, 0.15) is 0 Å². The monoisotopic (exact) mass is 331 g/mol. The molecule has 0 spiro atoms. The van der Waals surface area contributed by atoms with Gasteiger partial charge in [0.25, 0.3) is 5.89 Å². The Morgan fingerprint density at radius 1 is 1.32 bits per heavy atom. The molecule has 0 saturated carbocycles. The van der Waals surface area contributed by atoms with Gasteiger partial charge in [0.2, 0.25) is 5.89 Å². The Balaban J connectivity index is 1.50. The average molecular weight is 331 g/mol. The van der Waals surface area contributed by atoms with E-state index >= 15 is 0 Å². The van der Waals surface area contributed by atoms with Crippen molar-refractivity contribution in [3.8, 4) is 10.8 Å². The molecule has 0 N–H and O–H groups in total. The Bertz CT molecular complexity index is 747. The zero-order valence-corrected chi connectivity index (χ0v) is 14.0. The predicted molar refractivity (Wildman–Crippen MR) is 89.1 cm³/mol. The fraction of sp³-hybridized carbons (Fsp3) is 0.375. The van der Waals surface area contributed by atoms with Crippen molar-refractivity contribution < 1.29 is 4.42 Å². The molecule has 22 heavy (non-hydrogen) atoms. The summed E-state index contributed by atoms with van der Waals surface area (Å²) in [5.74, 6) is 1.34. The normalized spacial score (nSPS) is 19.0. The van der Waals surface area contributed by atoms with Crippen LogP contribution in [-0.2, 0) is 6.54 Å². The molecular formula is C16H17N3OS2. The first-order chi connectivity index (χ1) is 10.8. The maximum absolute atomic E-state index is 5.83. The Morgan fingerprint density at radius 3 is 3.05 bits per heavy atom. The second kappa shape index (κ2) is 5.95. The lowest BCUT2D eigenvalue weighted by Crippen LogP contribution is -2.22. The maximum atomic E-state index is 5.83.